The lowest BCUT2D eigenvalue weighted by molar-refractivity contribution is -0.274. The van der Waals surface area contributed by atoms with Crippen LogP contribution in [0.1, 0.15) is 37.8 Å². The average molecular weight is 637 g/mol. The van der Waals surface area contributed by atoms with Gasteiger partial charge in [0.25, 0.3) is 0 Å². The summed E-state index contributed by atoms with van der Waals surface area (Å²) in [6.45, 7) is 6.87. The quantitative estimate of drug-likeness (QED) is 0.212. The third kappa shape index (κ3) is 7.85. The number of amides is 2. The fraction of sp³-hybridized carbons (Fsp3) is 0.250. The van der Waals surface area contributed by atoms with Gasteiger partial charge in [0.05, 0.1) is 12.8 Å². The number of nitrogens with one attached hydrogen (secondary N) is 1. The Morgan fingerprint density at radius 3 is 2.44 bits per heavy atom. The highest BCUT2D eigenvalue weighted by molar-refractivity contribution is 8.14. The Morgan fingerprint density at radius 1 is 1.07 bits per heavy atom. The van der Waals surface area contributed by atoms with Gasteiger partial charge in [-0.1, -0.05) is 55.9 Å². The van der Waals surface area contributed by atoms with Crippen LogP contribution in [0.3, 0.4) is 0 Å². The van der Waals surface area contributed by atoms with Gasteiger partial charge in [0, 0.05) is 35.8 Å². The lowest BCUT2D eigenvalue weighted by atomic mass is 10.00. The van der Waals surface area contributed by atoms with Crippen LogP contribution in [0.5, 0.6) is 11.5 Å². The van der Waals surface area contributed by atoms with Crippen LogP contribution < -0.4 is 19.7 Å². The number of anilines is 1. The maximum absolute atomic E-state index is 12.8. The number of carbonyl (C=O) groups excluding carboxylic acids is 1. The molecule has 3 aromatic carbocycles. The van der Waals surface area contributed by atoms with Crippen molar-refractivity contribution >= 4 is 34.2 Å². The van der Waals surface area contributed by atoms with Crippen molar-refractivity contribution in [2.45, 2.75) is 33.1 Å². The van der Waals surface area contributed by atoms with Crippen LogP contribution in [-0.4, -0.2) is 51.7 Å². The van der Waals surface area contributed by atoms with Gasteiger partial charge >= 0.3 is 12.4 Å². The largest absolute Gasteiger partial charge is 0.573 e. The number of amidine groups is 1. The number of allylic oxidation sites excluding steroid dienone is 1. The molecule has 1 aliphatic heterocycles. The minimum absolute atomic E-state index is 0.289. The molecule has 0 atom stereocenters. The first kappa shape index (κ1) is 31.6. The molecule has 1 aromatic heterocycles. The summed E-state index contributed by atoms with van der Waals surface area (Å²) in [5.74, 6) is 1.98. The molecular formula is C32H31F3N6O3S. The van der Waals surface area contributed by atoms with Crippen molar-refractivity contribution in [1.82, 2.24) is 20.1 Å². The molecule has 0 bridgehead atoms. The van der Waals surface area contributed by atoms with Gasteiger partial charge in [0.15, 0.2) is 11.0 Å². The number of rotatable bonds is 8. The third-order valence-electron chi connectivity index (χ3n) is 6.96. The van der Waals surface area contributed by atoms with Gasteiger partial charge in [-0.05, 0) is 59.9 Å². The Bertz CT molecular complexity index is 1720. The van der Waals surface area contributed by atoms with E-state index in [0.29, 0.717) is 16.7 Å². The smallest absolute Gasteiger partial charge is 0.497 e. The molecule has 1 aliphatic rings. The van der Waals surface area contributed by atoms with E-state index >= 15 is 0 Å². The summed E-state index contributed by atoms with van der Waals surface area (Å²) in [6.07, 6.45) is -1.66. The molecule has 2 amide bonds. The predicted octanol–water partition coefficient (Wildman–Crippen LogP) is 7.64. The van der Waals surface area contributed by atoms with E-state index in [1.807, 2.05) is 43.3 Å². The van der Waals surface area contributed by atoms with Crippen LogP contribution >= 0.6 is 11.8 Å². The molecule has 45 heavy (non-hydrogen) atoms. The van der Waals surface area contributed by atoms with Gasteiger partial charge < -0.3 is 19.7 Å². The second-order valence-corrected chi connectivity index (χ2v) is 11.4. The monoisotopic (exact) mass is 636 g/mol. The molecule has 0 radical (unpaired) electrons. The maximum atomic E-state index is 12.8. The lowest BCUT2D eigenvalue weighted by Crippen LogP contribution is -2.27. The van der Waals surface area contributed by atoms with E-state index in [2.05, 4.69) is 49.9 Å². The van der Waals surface area contributed by atoms with E-state index in [-0.39, 0.29) is 11.7 Å². The van der Waals surface area contributed by atoms with Crippen molar-refractivity contribution in [2.24, 2.45) is 4.99 Å². The van der Waals surface area contributed by atoms with Gasteiger partial charge in [0.2, 0.25) is 0 Å². The number of hydrogen-bond donors (Lipinski definition) is 1. The minimum atomic E-state index is -4.76. The summed E-state index contributed by atoms with van der Waals surface area (Å²) in [7, 11) is 1.63. The summed E-state index contributed by atoms with van der Waals surface area (Å²) < 4.78 is 48.1. The molecule has 9 nitrogen and oxygen atoms in total. The topological polar surface area (TPSA) is 93.9 Å². The van der Waals surface area contributed by atoms with Gasteiger partial charge in [-0.15, -0.1) is 18.3 Å². The number of nitrogens with zero attached hydrogens (tertiary/aromatic N) is 5. The fourth-order valence-corrected chi connectivity index (χ4v) is 5.61. The normalized spacial score (nSPS) is 14.7. The van der Waals surface area contributed by atoms with Crippen LogP contribution in [0.25, 0.3) is 22.6 Å². The Hall–Kier alpha value is -4.78. The predicted molar refractivity (Wildman–Crippen MR) is 170 cm³/mol. The molecule has 13 heteroatoms. The van der Waals surface area contributed by atoms with Gasteiger partial charge in [-0.3, -0.25) is 0 Å². The number of alkyl halides is 3. The number of hydrogen-bond acceptors (Lipinski definition) is 6. The first-order valence-corrected chi connectivity index (χ1v) is 15.0. The number of urea groups is 1. The van der Waals surface area contributed by atoms with Gasteiger partial charge in [-0.2, -0.15) is 4.99 Å². The molecular weight excluding hydrogens is 605 g/mol. The second-order valence-electron chi connectivity index (χ2n) is 10.4. The van der Waals surface area contributed by atoms with Crippen LogP contribution in [0.4, 0.5) is 23.7 Å². The first-order chi connectivity index (χ1) is 21.5. The number of benzene rings is 3. The molecule has 1 fully saturated rings. The van der Waals surface area contributed by atoms with E-state index in [4.69, 9.17) is 4.74 Å². The molecule has 234 valence electrons. The van der Waals surface area contributed by atoms with Crippen molar-refractivity contribution in [3.8, 4) is 28.6 Å². The Kier molecular flexibility index (Phi) is 9.47. The minimum Gasteiger partial charge on any atom is -0.497 e. The molecule has 1 N–H and O–H groups in total. The number of aromatic nitrogens is 3. The van der Waals surface area contributed by atoms with Crippen LogP contribution in [-0.2, 0) is 0 Å². The van der Waals surface area contributed by atoms with Crippen molar-refractivity contribution in [2.75, 3.05) is 24.3 Å². The van der Waals surface area contributed by atoms with E-state index in [9.17, 15) is 18.0 Å². The first-order valence-electron chi connectivity index (χ1n) is 14.0. The van der Waals surface area contributed by atoms with Crippen molar-refractivity contribution < 1.29 is 27.4 Å². The Morgan fingerprint density at radius 2 is 1.78 bits per heavy atom. The average Bonchev–Trinajstić information content (AvgIpc) is 3.69. The zero-order valence-corrected chi connectivity index (χ0v) is 25.8. The maximum Gasteiger partial charge on any atom is 0.573 e. The molecule has 0 spiro atoms. The van der Waals surface area contributed by atoms with Gasteiger partial charge in [-0.25, -0.2) is 14.5 Å². The number of carbonyl (C=O) groups is 1. The number of methoxy groups -OCH3 is 1. The third-order valence-corrected chi connectivity index (χ3v) is 7.92. The highest BCUT2D eigenvalue weighted by Gasteiger charge is 2.31. The summed E-state index contributed by atoms with van der Waals surface area (Å²) in [6, 6.07) is 18.3. The highest BCUT2D eigenvalue weighted by atomic mass is 32.2. The van der Waals surface area contributed by atoms with Crippen molar-refractivity contribution in [3.63, 3.8) is 0 Å². The molecule has 2 heterocycles. The van der Waals surface area contributed by atoms with E-state index in [0.717, 1.165) is 46.0 Å². The van der Waals surface area contributed by atoms with Crippen LogP contribution in [0.2, 0.25) is 0 Å². The number of ether oxygens (including phenoxy) is 2. The zero-order chi connectivity index (χ0) is 32.1. The molecule has 0 unspecified atom stereocenters. The molecule has 1 saturated heterocycles. The lowest BCUT2D eigenvalue weighted by Gasteiger charge is -2.23. The second kappa shape index (κ2) is 13.5. The molecule has 0 aliphatic carbocycles. The number of thioether (sulfide) groups is 1. The fourth-order valence-electron chi connectivity index (χ4n) is 4.67. The summed E-state index contributed by atoms with van der Waals surface area (Å²) >= 11 is 1.53. The molecule has 0 saturated carbocycles. The highest BCUT2D eigenvalue weighted by Crippen LogP contribution is 2.35. The zero-order valence-electron chi connectivity index (χ0n) is 25.0. The van der Waals surface area contributed by atoms with Gasteiger partial charge in [0.1, 0.15) is 17.8 Å². The molecule has 4 aromatic rings. The van der Waals surface area contributed by atoms with E-state index in [1.165, 1.54) is 47.0 Å². The Balaban J connectivity index is 1.23. The summed E-state index contributed by atoms with van der Waals surface area (Å²) in [5, 5.41) is 7.84. The van der Waals surface area contributed by atoms with Crippen LogP contribution in [0.15, 0.2) is 84.2 Å². The van der Waals surface area contributed by atoms with E-state index < -0.39 is 12.4 Å². The Labute approximate surface area is 262 Å². The number of halogens is 3. The van der Waals surface area contributed by atoms with Crippen LogP contribution in [0, 0.1) is 0 Å². The standard InChI is InChI=1S/C32H31F3N6O3S/c1-20(2)27-14-13-26(43-4)17-28(27)40-15-16-45-31(40)38-30(42)36-18-21(3)22-5-7-23(8-6-22)29-37-19-41(39-29)24-9-11-25(12-10-24)44-32(33,34)35/h5-14,17-20H,15-16H2,1-4H3,(H,36,42)/b21-18+,38-31-. The summed E-state index contributed by atoms with van der Waals surface area (Å²) in [5.41, 5.74) is 5.11. The van der Waals surface area contributed by atoms with E-state index in [1.54, 1.807) is 13.3 Å². The van der Waals surface area contributed by atoms with Crippen molar-refractivity contribution in [1.29, 1.82) is 0 Å². The number of aliphatic imine (C=N–C) groups is 1. The summed E-state index contributed by atoms with van der Waals surface area (Å²) in [4.78, 5) is 23.5. The van der Waals surface area contributed by atoms with Crippen molar-refractivity contribution in [3.05, 3.63) is 90.4 Å². The molecule has 5 rings (SSSR count). The SMILES string of the molecule is COc1ccc(C(C)C)c(N2CCS/C2=N\C(=O)N/C=C(\C)c2ccc(-c3ncn(-c4ccc(OC(F)(F)F)cc4)n3)cc2)c1.